The van der Waals surface area contributed by atoms with Gasteiger partial charge < -0.3 is 15.0 Å². The van der Waals surface area contributed by atoms with Crippen molar-refractivity contribution >= 4 is 17.5 Å². The van der Waals surface area contributed by atoms with Crippen LogP contribution in [0.15, 0.2) is 36.9 Å². The summed E-state index contributed by atoms with van der Waals surface area (Å²) in [6.07, 6.45) is 6.15. The van der Waals surface area contributed by atoms with Crippen LogP contribution in [0.1, 0.15) is 38.6 Å². The second kappa shape index (κ2) is 9.34. The smallest absolute Gasteiger partial charge is 0.247 e. The third-order valence-corrected chi connectivity index (χ3v) is 5.25. The zero-order valence-corrected chi connectivity index (χ0v) is 16.4. The van der Waals surface area contributed by atoms with Gasteiger partial charge in [0.15, 0.2) is 0 Å². The number of aromatic nitrogens is 3. The molecule has 1 aromatic carbocycles. The van der Waals surface area contributed by atoms with E-state index in [1.807, 2.05) is 30.0 Å². The molecule has 8 heteroatoms. The molecule has 2 heterocycles. The average Bonchev–Trinajstić information content (AvgIpc) is 3.26. The van der Waals surface area contributed by atoms with E-state index in [0.717, 1.165) is 43.8 Å². The van der Waals surface area contributed by atoms with Crippen LogP contribution in [0.2, 0.25) is 0 Å². The number of nitrogens with zero attached hydrogens (tertiary/aromatic N) is 4. The topological polar surface area (TPSA) is 89.4 Å². The lowest BCUT2D eigenvalue weighted by atomic mass is 9.91. The number of rotatable bonds is 7. The number of likely N-dealkylation sites (tertiary alicyclic amines) is 1. The number of amides is 2. The van der Waals surface area contributed by atoms with Crippen LogP contribution in [-0.2, 0) is 9.59 Å². The number of methoxy groups -OCH3 is 1. The Hall–Kier alpha value is -2.90. The minimum absolute atomic E-state index is 0.00608. The molecule has 0 saturated carbocycles. The number of hydrogen-bond donors (Lipinski definition) is 1. The highest BCUT2D eigenvalue weighted by atomic mass is 16.5. The van der Waals surface area contributed by atoms with Gasteiger partial charge in [0.1, 0.15) is 24.4 Å². The number of benzene rings is 1. The van der Waals surface area contributed by atoms with Gasteiger partial charge in [0.25, 0.3) is 0 Å². The van der Waals surface area contributed by atoms with Gasteiger partial charge in [-0.2, -0.15) is 5.10 Å². The van der Waals surface area contributed by atoms with Crippen molar-refractivity contribution in [1.82, 2.24) is 19.7 Å². The molecule has 1 saturated heterocycles. The van der Waals surface area contributed by atoms with E-state index in [1.165, 1.54) is 6.33 Å². The van der Waals surface area contributed by atoms with Crippen molar-refractivity contribution in [2.24, 2.45) is 5.92 Å². The van der Waals surface area contributed by atoms with E-state index in [4.69, 9.17) is 4.74 Å². The molecule has 1 aliphatic rings. The second-order valence-electron chi connectivity index (χ2n) is 7.14. The number of nitrogens with one attached hydrogen (secondary N) is 1. The minimum Gasteiger partial charge on any atom is -0.497 e. The molecule has 0 radical (unpaired) electrons. The molecule has 1 fully saturated rings. The van der Waals surface area contributed by atoms with Crippen LogP contribution in [0, 0.1) is 5.92 Å². The standard InChI is InChI=1S/C20H27N5O3/c1-15(25-14-21-13-22-25)20(27)24-10-8-16(9-11-24)6-7-19(26)23-17-4-3-5-18(12-17)28-2/h3-5,12-16H,6-11H2,1-2H3,(H,23,26)/t15-/m0/s1. The highest BCUT2D eigenvalue weighted by Gasteiger charge is 2.27. The molecule has 28 heavy (non-hydrogen) atoms. The fraction of sp³-hybridized carbons (Fsp3) is 0.500. The van der Waals surface area contributed by atoms with Crippen molar-refractivity contribution in [2.75, 3.05) is 25.5 Å². The molecule has 0 spiro atoms. The number of hydrogen-bond acceptors (Lipinski definition) is 5. The maximum atomic E-state index is 12.6. The summed E-state index contributed by atoms with van der Waals surface area (Å²) in [5, 5.41) is 6.96. The summed E-state index contributed by atoms with van der Waals surface area (Å²) in [4.78, 5) is 30.6. The van der Waals surface area contributed by atoms with Crippen LogP contribution >= 0.6 is 0 Å². The molecule has 2 amide bonds. The molecular formula is C20H27N5O3. The summed E-state index contributed by atoms with van der Waals surface area (Å²) >= 11 is 0. The van der Waals surface area contributed by atoms with E-state index in [0.29, 0.717) is 12.3 Å². The summed E-state index contributed by atoms with van der Waals surface area (Å²) in [5.41, 5.74) is 0.742. The van der Waals surface area contributed by atoms with Crippen LogP contribution in [0.25, 0.3) is 0 Å². The van der Waals surface area contributed by atoms with Gasteiger partial charge in [-0.25, -0.2) is 9.67 Å². The van der Waals surface area contributed by atoms with Crippen LogP contribution in [-0.4, -0.2) is 51.7 Å². The van der Waals surface area contributed by atoms with E-state index in [2.05, 4.69) is 15.4 Å². The molecule has 1 aromatic heterocycles. The van der Waals surface area contributed by atoms with E-state index in [9.17, 15) is 9.59 Å². The molecule has 1 aliphatic heterocycles. The third kappa shape index (κ3) is 5.09. The van der Waals surface area contributed by atoms with Gasteiger partial charge in [0.05, 0.1) is 7.11 Å². The summed E-state index contributed by atoms with van der Waals surface area (Å²) in [6.45, 7) is 3.28. The van der Waals surface area contributed by atoms with Crippen molar-refractivity contribution in [2.45, 2.75) is 38.6 Å². The van der Waals surface area contributed by atoms with Crippen molar-refractivity contribution in [3.8, 4) is 5.75 Å². The lowest BCUT2D eigenvalue weighted by molar-refractivity contribution is -0.136. The van der Waals surface area contributed by atoms with Crippen molar-refractivity contribution < 1.29 is 14.3 Å². The predicted octanol–water partition coefficient (Wildman–Crippen LogP) is 2.51. The molecule has 8 nitrogen and oxygen atoms in total. The van der Waals surface area contributed by atoms with Crippen LogP contribution in [0.5, 0.6) is 5.75 Å². The normalized spacial score (nSPS) is 15.9. The second-order valence-corrected chi connectivity index (χ2v) is 7.14. The molecular weight excluding hydrogens is 358 g/mol. The van der Waals surface area contributed by atoms with E-state index < -0.39 is 0 Å². The fourth-order valence-corrected chi connectivity index (χ4v) is 3.50. The van der Waals surface area contributed by atoms with Crippen LogP contribution < -0.4 is 10.1 Å². The first kappa shape index (κ1) is 19.9. The Labute approximate surface area is 164 Å². The summed E-state index contributed by atoms with van der Waals surface area (Å²) in [7, 11) is 1.60. The quantitative estimate of drug-likeness (QED) is 0.791. The first-order valence-corrected chi connectivity index (χ1v) is 9.63. The van der Waals surface area contributed by atoms with Gasteiger partial charge in [0, 0.05) is 31.3 Å². The van der Waals surface area contributed by atoms with Crippen molar-refractivity contribution in [3.05, 3.63) is 36.9 Å². The van der Waals surface area contributed by atoms with Gasteiger partial charge >= 0.3 is 0 Å². The predicted molar refractivity (Wildman–Crippen MR) is 105 cm³/mol. The monoisotopic (exact) mass is 385 g/mol. The van der Waals surface area contributed by atoms with E-state index in [-0.39, 0.29) is 17.9 Å². The summed E-state index contributed by atoms with van der Waals surface area (Å²) in [5.74, 6) is 1.25. The number of piperidine rings is 1. The lowest BCUT2D eigenvalue weighted by Crippen LogP contribution is -2.42. The zero-order chi connectivity index (χ0) is 19.9. The third-order valence-electron chi connectivity index (χ3n) is 5.25. The Kier molecular flexibility index (Phi) is 6.62. The Balaban J connectivity index is 1.40. The molecule has 3 rings (SSSR count). The Morgan fingerprint density at radius 1 is 1.32 bits per heavy atom. The van der Waals surface area contributed by atoms with Gasteiger partial charge in [0.2, 0.25) is 11.8 Å². The van der Waals surface area contributed by atoms with Gasteiger partial charge in [-0.15, -0.1) is 0 Å². The minimum atomic E-state index is -0.340. The van der Waals surface area contributed by atoms with E-state index in [1.54, 1.807) is 24.2 Å². The van der Waals surface area contributed by atoms with Gasteiger partial charge in [-0.3, -0.25) is 9.59 Å². The molecule has 0 bridgehead atoms. The Morgan fingerprint density at radius 2 is 2.11 bits per heavy atom. The number of carbonyl (C=O) groups is 2. The van der Waals surface area contributed by atoms with E-state index >= 15 is 0 Å². The SMILES string of the molecule is COc1cccc(NC(=O)CCC2CCN(C(=O)[C@H](C)n3cncn3)CC2)c1. The maximum Gasteiger partial charge on any atom is 0.247 e. The molecule has 0 unspecified atom stereocenters. The van der Waals surface area contributed by atoms with Gasteiger partial charge in [-0.05, 0) is 44.2 Å². The fourth-order valence-electron chi connectivity index (χ4n) is 3.50. The summed E-state index contributed by atoms with van der Waals surface area (Å²) < 4.78 is 6.75. The largest absolute Gasteiger partial charge is 0.497 e. The number of ether oxygens (including phenoxy) is 1. The number of anilines is 1. The zero-order valence-electron chi connectivity index (χ0n) is 16.4. The molecule has 1 atom stereocenters. The average molecular weight is 385 g/mol. The van der Waals surface area contributed by atoms with Crippen LogP contribution in [0.4, 0.5) is 5.69 Å². The lowest BCUT2D eigenvalue weighted by Gasteiger charge is -2.33. The van der Waals surface area contributed by atoms with Gasteiger partial charge in [-0.1, -0.05) is 6.07 Å². The first-order chi connectivity index (χ1) is 13.6. The highest BCUT2D eigenvalue weighted by Crippen LogP contribution is 2.24. The molecule has 2 aromatic rings. The van der Waals surface area contributed by atoms with Crippen molar-refractivity contribution in [3.63, 3.8) is 0 Å². The highest BCUT2D eigenvalue weighted by molar-refractivity contribution is 5.90. The molecule has 1 N–H and O–H groups in total. The maximum absolute atomic E-state index is 12.6. The Morgan fingerprint density at radius 3 is 2.79 bits per heavy atom. The van der Waals surface area contributed by atoms with Crippen molar-refractivity contribution in [1.29, 1.82) is 0 Å². The van der Waals surface area contributed by atoms with Crippen LogP contribution in [0.3, 0.4) is 0 Å². The molecule has 0 aliphatic carbocycles. The Bertz CT molecular complexity index is 785. The molecule has 150 valence electrons. The first-order valence-electron chi connectivity index (χ1n) is 9.63. The number of carbonyl (C=O) groups excluding carboxylic acids is 2. The summed E-state index contributed by atoms with van der Waals surface area (Å²) in [6, 6.07) is 7.00.